The highest BCUT2D eigenvalue weighted by molar-refractivity contribution is 8.13. The molecule has 0 heterocycles. The number of hydrogen-bond donors (Lipinski definition) is 0. The number of ether oxygens (including phenoxy) is 1. The van der Waals surface area contributed by atoms with Crippen LogP contribution in [0.15, 0.2) is 17.0 Å². The van der Waals surface area contributed by atoms with Crippen LogP contribution in [0.5, 0.6) is 0 Å². The van der Waals surface area contributed by atoms with Gasteiger partial charge in [-0.1, -0.05) is 0 Å². The maximum Gasteiger partial charge on any atom is 0.340 e. The van der Waals surface area contributed by atoms with Crippen molar-refractivity contribution in [2.24, 2.45) is 0 Å². The quantitative estimate of drug-likeness (QED) is 0.634. The van der Waals surface area contributed by atoms with E-state index in [-0.39, 0.29) is 10.8 Å². The molecule has 0 N–H and O–H groups in total. The van der Waals surface area contributed by atoms with Gasteiger partial charge in [0.15, 0.2) is 0 Å². The van der Waals surface area contributed by atoms with E-state index in [0.717, 1.165) is 32.1 Å². The van der Waals surface area contributed by atoms with Crippen molar-refractivity contribution in [2.75, 3.05) is 7.11 Å². The number of halogens is 2. The lowest BCUT2D eigenvalue weighted by molar-refractivity contribution is 0.0595. The van der Waals surface area contributed by atoms with E-state index in [4.69, 9.17) is 10.7 Å². The van der Waals surface area contributed by atoms with Crippen molar-refractivity contribution in [2.45, 2.75) is 23.7 Å². The van der Waals surface area contributed by atoms with Crippen LogP contribution in [0.2, 0.25) is 0 Å². The van der Waals surface area contributed by atoms with Gasteiger partial charge in [-0.25, -0.2) is 17.6 Å². The SMILES string of the molecule is COC(=O)c1cc(S(=O)(=O)Cl)c(C2CC2)cc1F. The van der Waals surface area contributed by atoms with Crippen molar-refractivity contribution >= 4 is 25.7 Å². The van der Waals surface area contributed by atoms with Gasteiger partial charge in [-0.05, 0) is 36.5 Å². The van der Waals surface area contributed by atoms with Crippen molar-refractivity contribution in [3.05, 3.63) is 29.1 Å². The Morgan fingerprint density at radius 3 is 2.50 bits per heavy atom. The molecule has 0 aliphatic heterocycles. The summed E-state index contributed by atoms with van der Waals surface area (Å²) in [7, 11) is 2.37. The Morgan fingerprint density at radius 1 is 1.44 bits per heavy atom. The number of hydrogen-bond acceptors (Lipinski definition) is 4. The normalized spacial score (nSPS) is 15.5. The highest BCUT2D eigenvalue weighted by Gasteiger charge is 2.32. The van der Waals surface area contributed by atoms with Gasteiger partial charge < -0.3 is 4.74 Å². The lowest BCUT2D eigenvalue weighted by atomic mass is 10.1. The number of methoxy groups -OCH3 is 1. The summed E-state index contributed by atoms with van der Waals surface area (Å²) in [5.41, 5.74) is -0.101. The van der Waals surface area contributed by atoms with Gasteiger partial charge in [0.2, 0.25) is 0 Å². The maximum absolute atomic E-state index is 13.7. The predicted molar refractivity (Wildman–Crippen MR) is 62.8 cm³/mol. The minimum atomic E-state index is -4.02. The molecule has 98 valence electrons. The van der Waals surface area contributed by atoms with Gasteiger partial charge in [-0.2, -0.15) is 0 Å². The van der Waals surface area contributed by atoms with Crippen molar-refractivity contribution in [1.82, 2.24) is 0 Å². The summed E-state index contributed by atoms with van der Waals surface area (Å²) >= 11 is 0. The molecule has 0 radical (unpaired) electrons. The van der Waals surface area contributed by atoms with Gasteiger partial charge in [-0.15, -0.1) is 0 Å². The van der Waals surface area contributed by atoms with Gasteiger partial charge in [-0.3, -0.25) is 0 Å². The molecule has 0 aromatic heterocycles. The molecule has 0 spiro atoms. The van der Waals surface area contributed by atoms with E-state index in [1.54, 1.807) is 0 Å². The first-order valence-corrected chi connectivity index (χ1v) is 7.52. The van der Waals surface area contributed by atoms with Crippen molar-refractivity contribution in [3.63, 3.8) is 0 Å². The summed E-state index contributed by atoms with van der Waals surface area (Å²) in [6.45, 7) is 0. The van der Waals surface area contributed by atoms with E-state index in [2.05, 4.69) is 4.74 Å². The van der Waals surface area contributed by atoms with Crippen molar-refractivity contribution in [1.29, 1.82) is 0 Å². The first-order valence-electron chi connectivity index (χ1n) is 5.21. The topological polar surface area (TPSA) is 60.4 Å². The van der Waals surface area contributed by atoms with Gasteiger partial charge in [0.1, 0.15) is 5.82 Å². The third-order valence-corrected chi connectivity index (χ3v) is 4.16. The second-order valence-corrected chi connectivity index (χ2v) is 6.61. The first-order chi connectivity index (χ1) is 8.34. The average molecular weight is 293 g/mol. The largest absolute Gasteiger partial charge is 0.465 e. The van der Waals surface area contributed by atoms with Gasteiger partial charge in [0, 0.05) is 10.7 Å². The zero-order chi connectivity index (χ0) is 13.5. The molecule has 2 rings (SSSR count). The van der Waals surface area contributed by atoms with Crippen LogP contribution in [0.4, 0.5) is 4.39 Å². The molecule has 1 aliphatic carbocycles. The minimum Gasteiger partial charge on any atom is -0.465 e. The zero-order valence-corrected chi connectivity index (χ0v) is 11.0. The highest BCUT2D eigenvalue weighted by atomic mass is 35.7. The second-order valence-electron chi connectivity index (χ2n) is 4.07. The third-order valence-electron chi connectivity index (χ3n) is 2.78. The Kier molecular flexibility index (Phi) is 3.33. The predicted octanol–water partition coefficient (Wildman–Crippen LogP) is 2.42. The fourth-order valence-electron chi connectivity index (χ4n) is 1.76. The van der Waals surface area contributed by atoms with E-state index < -0.39 is 26.4 Å². The second kappa shape index (κ2) is 4.51. The average Bonchev–Trinajstić information content (AvgIpc) is 3.09. The fraction of sp³-hybridized carbons (Fsp3) is 0.364. The first kappa shape index (κ1) is 13.3. The molecule has 1 aliphatic rings. The van der Waals surface area contributed by atoms with Gasteiger partial charge in [0.05, 0.1) is 17.6 Å². The van der Waals surface area contributed by atoms with Crippen LogP contribution < -0.4 is 0 Å². The lowest BCUT2D eigenvalue weighted by Gasteiger charge is -2.09. The Labute approximate surface area is 108 Å². The summed E-state index contributed by atoms with van der Waals surface area (Å²) in [4.78, 5) is 11.1. The number of rotatable bonds is 3. The molecule has 0 atom stereocenters. The van der Waals surface area contributed by atoms with Crippen LogP contribution in [0.3, 0.4) is 0 Å². The Morgan fingerprint density at radius 2 is 2.06 bits per heavy atom. The van der Waals surface area contributed by atoms with Crippen LogP contribution >= 0.6 is 10.7 Å². The van der Waals surface area contributed by atoms with Crippen LogP contribution in [0.25, 0.3) is 0 Å². The molecule has 0 unspecified atom stereocenters. The summed E-state index contributed by atoms with van der Waals surface area (Å²) in [6, 6.07) is 2.00. The molecule has 0 saturated heterocycles. The molecule has 0 amide bonds. The maximum atomic E-state index is 13.7. The molecule has 7 heteroatoms. The summed E-state index contributed by atoms with van der Waals surface area (Å²) < 4.78 is 41.0. The van der Waals surface area contributed by atoms with Crippen LogP contribution in [0.1, 0.15) is 34.7 Å². The molecule has 1 aromatic carbocycles. The van der Waals surface area contributed by atoms with Crippen molar-refractivity contribution in [3.8, 4) is 0 Å². The van der Waals surface area contributed by atoms with Crippen LogP contribution in [-0.2, 0) is 13.8 Å². The molecule has 18 heavy (non-hydrogen) atoms. The van der Waals surface area contributed by atoms with Gasteiger partial charge >= 0.3 is 5.97 Å². The monoisotopic (exact) mass is 292 g/mol. The standard InChI is InChI=1S/C11H10ClFO4S/c1-17-11(14)8-5-10(18(12,15)16)7(4-9(8)13)6-2-3-6/h4-6H,2-3H2,1H3. The molecule has 0 bridgehead atoms. The lowest BCUT2D eigenvalue weighted by Crippen LogP contribution is -2.08. The summed E-state index contributed by atoms with van der Waals surface area (Å²) in [5, 5.41) is 0. The van der Waals surface area contributed by atoms with Crippen molar-refractivity contribution < 1.29 is 22.3 Å². The highest BCUT2D eigenvalue weighted by Crippen LogP contribution is 2.44. The van der Waals surface area contributed by atoms with E-state index >= 15 is 0 Å². The number of carbonyl (C=O) groups excluding carboxylic acids is 1. The van der Waals surface area contributed by atoms with Crippen LogP contribution in [0, 0.1) is 5.82 Å². The summed E-state index contributed by atoms with van der Waals surface area (Å²) in [5.74, 6) is -1.74. The molecular formula is C11H10ClFO4S. The van der Waals surface area contributed by atoms with Crippen LogP contribution in [-0.4, -0.2) is 21.5 Å². The number of benzene rings is 1. The third kappa shape index (κ3) is 2.49. The molecular weight excluding hydrogens is 283 g/mol. The van der Waals surface area contributed by atoms with E-state index in [9.17, 15) is 17.6 Å². The molecule has 1 aromatic rings. The molecule has 1 saturated carbocycles. The van der Waals surface area contributed by atoms with E-state index in [1.165, 1.54) is 0 Å². The number of carbonyl (C=O) groups is 1. The van der Waals surface area contributed by atoms with E-state index in [0.29, 0.717) is 5.56 Å². The Bertz CT molecular complexity index is 608. The minimum absolute atomic E-state index is 0.00489. The van der Waals surface area contributed by atoms with Gasteiger partial charge in [0.25, 0.3) is 9.05 Å². The molecule has 1 fully saturated rings. The fourth-order valence-corrected chi connectivity index (χ4v) is 2.93. The zero-order valence-electron chi connectivity index (χ0n) is 9.44. The number of esters is 1. The Hall–Kier alpha value is -1.14. The summed E-state index contributed by atoms with van der Waals surface area (Å²) in [6.07, 6.45) is 1.58. The van der Waals surface area contributed by atoms with E-state index in [1.807, 2.05) is 0 Å². The smallest absolute Gasteiger partial charge is 0.340 e. The Balaban J connectivity index is 2.64. The molecule has 4 nitrogen and oxygen atoms in total.